The molecular weight excluding hydrogens is 731 g/mol. The molecule has 0 aromatic carbocycles. The number of carbonyl (C=O) groups excluding carboxylic acids is 2. The number of aliphatic hydroxyl groups excluding tert-OH is 2. The first-order valence-corrected chi connectivity index (χ1v) is 26.4. The SMILES string of the molecule is CCCCCCCCCCC/C=C/CCCCCC(CC(=O)NC(CO)C(O)CCCCCCCCCCCCCCCC)OC(=O)CCCCCCCCCCCC. The van der Waals surface area contributed by atoms with Crippen LogP contribution in [0.15, 0.2) is 12.2 Å². The molecule has 0 aliphatic heterocycles. The smallest absolute Gasteiger partial charge is 0.306 e. The van der Waals surface area contributed by atoms with Crippen molar-refractivity contribution in [3.05, 3.63) is 12.2 Å². The number of esters is 1. The van der Waals surface area contributed by atoms with Gasteiger partial charge < -0.3 is 20.3 Å². The monoisotopic (exact) mass is 834 g/mol. The lowest BCUT2D eigenvalue weighted by Gasteiger charge is -2.24. The minimum Gasteiger partial charge on any atom is -0.462 e. The van der Waals surface area contributed by atoms with Crippen molar-refractivity contribution in [2.45, 2.75) is 309 Å². The van der Waals surface area contributed by atoms with Crippen molar-refractivity contribution in [3.8, 4) is 0 Å². The lowest BCUT2D eigenvalue weighted by molar-refractivity contribution is -0.151. The highest BCUT2D eigenvalue weighted by Crippen LogP contribution is 2.18. The van der Waals surface area contributed by atoms with Gasteiger partial charge in [-0.1, -0.05) is 238 Å². The molecular formula is C53H103NO5. The standard InChI is InChI=1S/C53H103NO5/c1-4-7-10-13-16-19-22-24-26-27-28-30-32-35-38-41-44-49(59-53(58)46-43-40-37-34-21-18-15-12-9-6-3)47-52(57)54-50(48-55)51(56)45-42-39-36-33-31-29-25-23-20-17-14-11-8-5-2/h28,30,49-51,55-56H,4-27,29,31-48H2,1-3H3,(H,54,57)/b30-28+. The van der Waals surface area contributed by atoms with Crippen LogP contribution in [0.1, 0.15) is 290 Å². The Morgan fingerprint density at radius 1 is 0.475 bits per heavy atom. The quantitative estimate of drug-likeness (QED) is 0.0322. The number of hydrogen-bond acceptors (Lipinski definition) is 5. The molecule has 0 spiro atoms. The van der Waals surface area contributed by atoms with E-state index in [4.69, 9.17) is 4.74 Å². The summed E-state index contributed by atoms with van der Waals surface area (Å²) in [5.74, 6) is -0.474. The van der Waals surface area contributed by atoms with Crippen LogP contribution in [-0.2, 0) is 14.3 Å². The first-order chi connectivity index (χ1) is 29.0. The average Bonchev–Trinajstić information content (AvgIpc) is 3.23. The van der Waals surface area contributed by atoms with Gasteiger partial charge in [0.15, 0.2) is 0 Å². The molecule has 0 rings (SSSR count). The molecule has 0 fully saturated rings. The molecule has 0 aromatic heterocycles. The van der Waals surface area contributed by atoms with Gasteiger partial charge in [0.05, 0.1) is 25.2 Å². The summed E-state index contributed by atoms with van der Waals surface area (Å²) in [7, 11) is 0. The van der Waals surface area contributed by atoms with Crippen LogP contribution >= 0.6 is 0 Å². The number of ether oxygens (including phenoxy) is 1. The summed E-state index contributed by atoms with van der Waals surface area (Å²) < 4.78 is 5.92. The van der Waals surface area contributed by atoms with Crippen LogP contribution in [0, 0.1) is 0 Å². The maximum atomic E-state index is 13.2. The van der Waals surface area contributed by atoms with Gasteiger partial charge in [0.2, 0.25) is 5.91 Å². The molecule has 3 N–H and O–H groups in total. The Balaban J connectivity index is 4.53. The third kappa shape index (κ3) is 43.1. The molecule has 0 aliphatic rings. The molecule has 0 bridgehead atoms. The van der Waals surface area contributed by atoms with Crippen LogP contribution < -0.4 is 5.32 Å². The summed E-state index contributed by atoms with van der Waals surface area (Å²) >= 11 is 0. The predicted octanol–water partition coefficient (Wildman–Crippen LogP) is 15.7. The second kappa shape index (κ2) is 47.6. The summed E-state index contributed by atoms with van der Waals surface area (Å²) in [6.45, 7) is 6.49. The number of unbranched alkanes of at least 4 members (excludes halogenated alkanes) is 34. The lowest BCUT2D eigenvalue weighted by atomic mass is 10.0. The van der Waals surface area contributed by atoms with E-state index < -0.39 is 18.2 Å². The zero-order valence-corrected chi connectivity index (χ0v) is 39.9. The largest absolute Gasteiger partial charge is 0.462 e. The Morgan fingerprint density at radius 3 is 1.22 bits per heavy atom. The van der Waals surface area contributed by atoms with E-state index in [0.717, 1.165) is 57.8 Å². The second-order valence-corrected chi connectivity index (χ2v) is 18.3. The fraction of sp³-hybridized carbons (Fsp3) is 0.925. The van der Waals surface area contributed by atoms with Crippen LogP contribution in [0.25, 0.3) is 0 Å². The van der Waals surface area contributed by atoms with Crippen LogP contribution in [0.4, 0.5) is 0 Å². The van der Waals surface area contributed by atoms with Gasteiger partial charge in [0.25, 0.3) is 0 Å². The van der Waals surface area contributed by atoms with Crippen molar-refractivity contribution < 1.29 is 24.5 Å². The summed E-state index contributed by atoms with van der Waals surface area (Å²) in [6, 6.07) is -0.699. The van der Waals surface area contributed by atoms with Crippen LogP contribution in [0.3, 0.4) is 0 Å². The number of nitrogens with one attached hydrogen (secondary N) is 1. The Labute approximate surface area is 368 Å². The van der Waals surface area contributed by atoms with E-state index in [-0.39, 0.29) is 24.9 Å². The molecule has 3 atom stereocenters. The van der Waals surface area contributed by atoms with Crippen molar-refractivity contribution >= 4 is 11.9 Å². The van der Waals surface area contributed by atoms with Gasteiger partial charge in [-0.3, -0.25) is 9.59 Å². The third-order valence-corrected chi connectivity index (χ3v) is 12.3. The van der Waals surface area contributed by atoms with E-state index >= 15 is 0 Å². The van der Waals surface area contributed by atoms with Crippen LogP contribution in [-0.4, -0.2) is 46.9 Å². The van der Waals surface area contributed by atoms with Gasteiger partial charge in [0.1, 0.15) is 6.10 Å². The summed E-state index contributed by atoms with van der Waals surface area (Å²) in [4.78, 5) is 26.1. The van der Waals surface area contributed by atoms with E-state index in [2.05, 4.69) is 38.2 Å². The summed E-state index contributed by atoms with van der Waals surface area (Å²) in [5.41, 5.74) is 0. The Bertz CT molecular complexity index is 893. The molecule has 350 valence electrons. The van der Waals surface area contributed by atoms with E-state index in [0.29, 0.717) is 19.3 Å². The first-order valence-electron chi connectivity index (χ1n) is 26.4. The fourth-order valence-corrected chi connectivity index (χ4v) is 8.31. The molecule has 3 unspecified atom stereocenters. The highest BCUT2D eigenvalue weighted by atomic mass is 16.5. The minimum atomic E-state index is -0.785. The molecule has 0 radical (unpaired) electrons. The molecule has 59 heavy (non-hydrogen) atoms. The maximum absolute atomic E-state index is 13.2. The molecule has 0 saturated heterocycles. The van der Waals surface area contributed by atoms with Crippen molar-refractivity contribution in [2.75, 3.05) is 6.61 Å². The zero-order valence-electron chi connectivity index (χ0n) is 39.9. The number of allylic oxidation sites excluding steroid dienone is 2. The fourth-order valence-electron chi connectivity index (χ4n) is 8.31. The van der Waals surface area contributed by atoms with Crippen LogP contribution in [0.5, 0.6) is 0 Å². The average molecular weight is 834 g/mol. The zero-order chi connectivity index (χ0) is 43.1. The van der Waals surface area contributed by atoms with Crippen LogP contribution in [0.2, 0.25) is 0 Å². The third-order valence-electron chi connectivity index (χ3n) is 12.3. The number of carbonyl (C=O) groups is 2. The number of rotatable bonds is 48. The Morgan fingerprint density at radius 2 is 0.814 bits per heavy atom. The second-order valence-electron chi connectivity index (χ2n) is 18.3. The minimum absolute atomic E-state index is 0.0739. The topological polar surface area (TPSA) is 95.9 Å². The number of hydrogen-bond donors (Lipinski definition) is 3. The normalized spacial score (nSPS) is 13.2. The molecule has 6 nitrogen and oxygen atoms in total. The number of aliphatic hydroxyl groups is 2. The highest BCUT2D eigenvalue weighted by Gasteiger charge is 2.24. The van der Waals surface area contributed by atoms with Gasteiger partial charge >= 0.3 is 5.97 Å². The van der Waals surface area contributed by atoms with Crippen molar-refractivity contribution in [1.29, 1.82) is 0 Å². The van der Waals surface area contributed by atoms with E-state index in [1.54, 1.807) is 0 Å². The highest BCUT2D eigenvalue weighted by molar-refractivity contribution is 5.77. The predicted molar refractivity (Wildman–Crippen MR) is 255 cm³/mol. The van der Waals surface area contributed by atoms with Gasteiger partial charge in [-0.2, -0.15) is 0 Å². The Kier molecular flexibility index (Phi) is 46.5. The van der Waals surface area contributed by atoms with E-state index in [9.17, 15) is 19.8 Å². The van der Waals surface area contributed by atoms with Gasteiger partial charge in [-0.15, -0.1) is 0 Å². The van der Waals surface area contributed by atoms with Crippen molar-refractivity contribution in [3.63, 3.8) is 0 Å². The molecule has 0 aromatic rings. The number of amides is 1. The van der Waals surface area contributed by atoms with E-state index in [1.807, 2.05) is 0 Å². The molecule has 0 heterocycles. The molecule has 0 aliphatic carbocycles. The molecule has 6 heteroatoms. The molecule has 1 amide bonds. The van der Waals surface area contributed by atoms with Gasteiger partial charge in [0, 0.05) is 6.42 Å². The van der Waals surface area contributed by atoms with Gasteiger partial charge in [-0.05, 0) is 51.4 Å². The lowest BCUT2D eigenvalue weighted by Crippen LogP contribution is -2.46. The summed E-state index contributed by atoms with van der Waals surface area (Å²) in [5, 5.41) is 23.8. The summed E-state index contributed by atoms with van der Waals surface area (Å²) in [6.07, 6.45) is 52.7. The van der Waals surface area contributed by atoms with Crippen molar-refractivity contribution in [2.24, 2.45) is 0 Å². The Hall–Kier alpha value is -1.40. The first kappa shape index (κ1) is 57.6. The molecule has 0 saturated carbocycles. The maximum Gasteiger partial charge on any atom is 0.306 e. The van der Waals surface area contributed by atoms with Gasteiger partial charge in [-0.25, -0.2) is 0 Å². The van der Waals surface area contributed by atoms with E-state index in [1.165, 1.54) is 186 Å². The van der Waals surface area contributed by atoms with Crippen molar-refractivity contribution in [1.82, 2.24) is 5.32 Å².